The topological polar surface area (TPSA) is 70.2 Å². The Labute approximate surface area is 179 Å². The van der Waals surface area contributed by atoms with E-state index in [2.05, 4.69) is 20.2 Å². The van der Waals surface area contributed by atoms with Crippen molar-refractivity contribution in [2.75, 3.05) is 31.2 Å². The van der Waals surface area contributed by atoms with Crippen molar-refractivity contribution < 1.29 is 9.53 Å². The van der Waals surface area contributed by atoms with Crippen LogP contribution in [0.4, 0.5) is 5.69 Å². The molecule has 152 valence electrons. The minimum atomic E-state index is -0.296. The fraction of sp³-hybridized carbons (Fsp3) is 0.333. The fourth-order valence-electron chi connectivity index (χ4n) is 3.45. The summed E-state index contributed by atoms with van der Waals surface area (Å²) >= 11 is 12.5. The molecule has 4 rings (SSSR count). The Kier molecular flexibility index (Phi) is 5.94. The normalized spacial score (nSPS) is 15.9. The van der Waals surface area contributed by atoms with Crippen LogP contribution in [0.15, 0.2) is 36.4 Å². The van der Waals surface area contributed by atoms with Crippen LogP contribution in [0.5, 0.6) is 0 Å². The molecule has 0 saturated carbocycles. The summed E-state index contributed by atoms with van der Waals surface area (Å²) in [7, 11) is 0. The highest BCUT2D eigenvalue weighted by Crippen LogP contribution is 2.28. The lowest BCUT2D eigenvalue weighted by molar-refractivity contribution is 0.0938. The molecule has 0 spiro atoms. The summed E-state index contributed by atoms with van der Waals surface area (Å²) in [5, 5.41) is 4.16. The van der Waals surface area contributed by atoms with Crippen LogP contribution in [-0.4, -0.2) is 42.2 Å². The molecule has 2 aromatic carbocycles. The lowest BCUT2D eigenvalue weighted by atomic mass is 10.1. The van der Waals surface area contributed by atoms with Gasteiger partial charge in [-0.05, 0) is 49.7 Å². The maximum Gasteiger partial charge on any atom is 0.251 e. The van der Waals surface area contributed by atoms with E-state index < -0.39 is 0 Å². The molecule has 1 aliphatic heterocycles. The van der Waals surface area contributed by atoms with Crippen molar-refractivity contribution in [3.05, 3.63) is 57.8 Å². The highest BCUT2D eigenvalue weighted by molar-refractivity contribution is 6.33. The number of anilines is 1. The number of aromatic amines is 1. The Hall–Kier alpha value is -2.28. The van der Waals surface area contributed by atoms with Crippen molar-refractivity contribution >= 4 is 45.8 Å². The van der Waals surface area contributed by atoms with E-state index in [4.69, 9.17) is 27.9 Å². The van der Waals surface area contributed by atoms with Gasteiger partial charge in [0.05, 0.1) is 34.4 Å². The average Bonchev–Trinajstić information content (AvgIpc) is 2.93. The van der Waals surface area contributed by atoms with Gasteiger partial charge in [0.2, 0.25) is 0 Å². The predicted molar refractivity (Wildman–Crippen MR) is 116 cm³/mol. The number of nitrogens with one attached hydrogen (secondary N) is 2. The number of H-pyrrole nitrogens is 1. The van der Waals surface area contributed by atoms with E-state index in [1.807, 2.05) is 25.1 Å². The van der Waals surface area contributed by atoms with Gasteiger partial charge in [-0.25, -0.2) is 4.98 Å². The molecule has 1 amide bonds. The number of carbonyl (C=O) groups is 1. The Morgan fingerprint density at radius 2 is 2.07 bits per heavy atom. The number of amides is 1. The number of rotatable bonds is 4. The summed E-state index contributed by atoms with van der Waals surface area (Å²) in [4.78, 5) is 22.7. The number of imidazole rings is 1. The predicted octanol–water partition coefficient (Wildman–Crippen LogP) is 4.59. The first-order valence-electron chi connectivity index (χ1n) is 9.59. The summed E-state index contributed by atoms with van der Waals surface area (Å²) in [5.74, 6) is 0.464. The molecule has 1 saturated heterocycles. The van der Waals surface area contributed by atoms with Crippen LogP contribution in [0.25, 0.3) is 11.0 Å². The molecular weight excluding hydrogens is 411 g/mol. The summed E-state index contributed by atoms with van der Waals surface area (Å²) < 4.78 is 5.50. The van der Waals surface area contributed by atoms with Gasteiger partial charge in [0.15, 0.2) is 0 Å². The maximum absolute atomic E-state index is 12.7. The SMILES string of the molecule is C[C@H](NC(=O)c1ccc(N2CCCOCC2)c(Cl)c1)c1nc2ccc(Cl)cc2[nH]1. The Morgan fingerprint density at radius 1 is 1.21 bits per heavy atom. The quantitative estimate of drug-likeness (QED) is 0.632. The number of fused-ring (bicyclic) bond motifs is 1. The number of nitrogens with zero attached hydrogens (tertiary/aromatic N) is 2. The summed E-state index contributed by atoms with van der Waals surface area (Å²) in [5.41, 5.74) is 3.08. The Bertz CT molecular complexity index is 1030. The van der Waals surface area contributed by atoms with Crippen molar-refractivity contribution in [1.82, 2.24) is 15.3 Å². The highest BCUT2D eigenvalue weighted by Gasteiger charge is 2.18. The number of ether oxygens (including phenoxy) is 1. The highest BCUT2D eigenvalue weighted by atomic mass is 35.5. The van der Waals surface area contributed by atoms with E-state index in [1.165, 1.54) is 0 Å². The number of hydrogen-bond acceptors (Lipinski definition) is 4. The van der Waals surface area contributed by atoms with Crippen LogP contribution in [0, 0.1) is 0 Å². The molecule has 2 heterocycles. The Balaban J connectivity index is 1.47. The molecular formula is C21H22Cl2N4O2. The first-order valence-corrected chi connectivity index (χ1v) is 10.3. The number of aromatic nitrogens is 2. The van der Waals surface area contributed by atoms with Crippen molar-refractivity contribution in [2.24, 2.45) is 0 Å². The molecule has 0 radical (unpaired) electrons. The first kappa shape index (κ1) is 20.0. The minimum Gasteiger partial charge on any atom is -0.380 e. The largest absolute Gasteiger partial charge is 0.380 e. The number of halogens is 2. The van der Waals surface area contributed by atoms with Gasteiger partial charge in [0, 0.05) is 30.3 Å². The third kappa shape index (κ3) is 4.50. The third-order valence-electron chi connectivity index (χ3n) is 4.99. The van der Waals surface area contributed by atoms with Gasteiger partial charge in [0.25, 0.3) is 5.91 Å². The minimum absolute atomic E-state index is 0.205. The molecule has 6 nitrogen and oxygen atoms in total. The summed E-state index contributed by atoms with van der Waals surface area (Å²) in [6.07, 6.45) is 0.957. The third-order valence-corrected chi connectivity index (χ3v) is 5.53. The number of benzene rings is 2. The maximum atomic E-state index is 12.7. The smallest absolute Gasteiger partial charge is 0.251 e. The van der Waals surface area contributed by atoms with E-state index in [0.29, 0.717) is 28.0 Å². The van der Waals surface area contributed by atoms with Crippen LogP contribution in [0.3, 0.4) is 0 Å². The van der Waals surface area contributed by atoms with E-state index in [1.54, 1.807) is 18.2 Å². The van der Waals surface area contributed by atoms with Gasteiger partial charge in [-0.2, -0.15) is 0 Å². The van der Waals surface area contributed by atoms with Crippen molar-refractivity contribution in [1.29, 1.82) is 0 Å². The second-order valence-corrected chi connectivity index (χ2v) is 7.94. The van der Waals surface area contributed by atoms with Gasteiger partial charge in [-0.3, -0.25) is 4.79 Å². The molecule has 1 atom stereocenters. The zero-order chi connectivity index (χ0) is 20.4. The second-order valence-electron chi connectivity index (χ2n) is 7.10. The van der Waals surface area contributed by atoms with Gasteiger partial charge in [-0.15, -0.1) is 0 Å². The molecule has 29 heavy (non-hydrogen) atoms. The van der Waals surface area contributed by atoms with E-state index in [0.717, 1.165) is 42.8 Å². The van der Waals surface area contributed by atoms with Crippen molar-refractivity contribution in [3.8, 4) is 0 Å². The van der Waals surface area contributed by atoms with Crippen molar-refractivity contribution in [2.45, 2.75) is 19.4 Å². The molecule has 0 unspecified atom stereocenters. The van der Waals surface area contributed by atoms with Crippen LogP contribution >= 0.6 is 23.2 Å². The van der Waals surface area contributed by atoms with Crippen molar-refractivity contribution in [3.63, 3.8) is 0 Å². The van der Waals surface area contributed by atoms with Gasteiger partial charge >= 0.3 is 0 Å². The number of carbonyl (C=O) groups excluding carboxylic acids is 1. The molecule has 0 aliphatic carbocycles. The lowest BCUT2D eigenvalue weighted by Gasteiger charge is -2.23. The van der Waals surface area contributed by atoms with Crippen LogP contribution in [0.1, 0.15) is 35.6 Å². The number of hydrogen-bond donors (Lipinski definition) is 2. The summed E-state index contributed by atoms with van der Waals surface area (Å²) in [6.45, 7) is 5.00. The molecule has 3 aromatic rings. The van der Waals surface area contributed by atoms with E-state index in [-0.39, 0.29) is 11.9 Å². The molecule has 1 fully saturated rings. The van der Waals surface area contributed by atoms with Gasteiger partial charge < -0.3 is 19.9 Å². The fourth-order valence-corrected chi connectivity index (χ4v) is 3.92. The molecule has 1 aromatic heterocycles. The first-order chi connectivity index (χ1) is 14.0. The average molecular weight is 433 g/mol. The van der Waals surface area contributed by atoms with Gasteiger partial charge in [0.1, 0.15) is 5.82 Å². The Morgan fingerprint density at radius 3 is 2.90 bits per heavy atom. The zero-order valence-electron chi connectivity index (χ0n) is 16.0. The zero-order valence-corrected chi connectivity index (χ0v) is 17.6. The standard InChI is InChI=1S/C21H22Cl2N4O2/c1-13(20-25-17-5-4-15(22)12-18(17)26-20)24-21(28)14-3-6-19(16(23)11-14)27-7-2-9-29-10-8-27/h3-6,11-13H,2,7-10H2,1H3,(H,24,28)(H,25,26)/t13-/m0/s1. The van der Waals surface area contributed by atoms with Crippen LogP contribution < -0.4 is 10.2 Å². The molecule has 0 bridgehead atoms. The lowest BCUT2D eigenvalue weighted by Crippen LogP contribution is -2.28. The summed E-state index contributed by atoms with van der Waals surface area (Å²) in [6, 6.07) is 10.6. The van der Waals surface area contributed by atoms with Crippen LogP contribution in [0.2, 0.25) is 10.0 Å². The van der Waals surface area contributed by atoms with Crippen LogP contribution in [-0.2, 0) is 4.74 Å². The van der Waals surface area contributed by atoms with E-state index >= 15 is 0 Å². The molecule has 1 aliphatic rings. The van der Waals surface area contributed by atoms with Gasteiger partial charge in [-0.1, -0.05) is 23.2 Å². The second kappa shape index (κ2) is 8.61. The molecule has 8 heteroatoms. The van der Waals surface area contributed by atoms with E-state index in [9.17, 15) is 4.79 Å². The monoisotopic (exact) mass is 432 g/mol. The molecule has 2 N–H and O–H groups in total.